The van der Waals surface area contributed by atoms with Gasteiger partial charge in [0.25, 0.3) is 0 Å². The van der Waals surface area contributed by atoms with Crippen molar-refractivity contribution in [3.05, 3.63) is 0 Å². The summed E-state index contributed by atoms with van der Waals surface area (Å²) in [5.74, 6) is 0.241. The number of rotatable bonds is 7. The van der Waals surface area contributed by atoms with Crippen molar-refractivity contribution in [3.8, 4) is 0 Å². The molecule has 19 heavy (non-hydrogen) atoms. The number of likely N-dealkylation sites (N-methyl/N-ethyl adjacent to an activating group) is 1. The zero-order chi connectivity index (χ0) is 14.3. The second-order valence-electron chi connectivity index (χ2n) is 5.50. The highest BCUT2D eigenvalue weighted by Gasteiger charge is 2.26. The summed E-state index contributed by atoms with van der Waals surface area (Å²) in [6.07, 6.45) is 2.90. The van der Waals surface area contributed by atoms with Crippen LogP contribution in [-0.2, 0) is 9.53 Å². The van der Waals surface area contributed by atoms with Crippen LogP contribution >= 0.6 is 0 Å². The first-order valence-corrected chi connectivity index (χ1v) is 7.37. The Kier molecular flexibility index (Phi) is 7.34. The number of nitrogens with zero attached hydrogens (tertiary/aromatic N) is 1. The molecule has 5 heteroatoms. The maximum atomic E-state index is 12.0. The smallest absolute Gasteiger partial charge is 0.237 e. The highest BCUT2D eigenvalue weighted by Crippen LogP contribution is 2.17. The number of carbonyl (C=O) groups is 1. The molecule has 0 saturated carbocycles. The summed E-state index contributed by atoms with van der Waals surface area (Å²) < 4.78 is 5.29. The maximum Gasteiger partial charge on any atom is 0.237 e. The largest absolute Gasteiger partial charge is 0.381 e. The summed E-state index contributed by atoms with van der Waals surface area (Å²) in [5.41, 5.74) is 6.01. The first kappa shape index (κ1) is 16.4. The third-order valence-corrected chi connectivity index (χ3v) is 4.18. The Labute approximate surface area is 116 Å². The third kappa shape index (κ3) is 5.47. The third-order valence-electron chi connectivity index (χ3n) is 4.18. The number of hydrogen-bond donors (Lipinski definition) is 2. The predicted molar refractivity (Wildman–Crippen MR) is 76.9 cm³/mol. The molecule has 1 rings (SSSR count). The number of nitrogens with two attached hydrogens (primary N) is 1. The molecule has 0 spiro atoms. The predicted octanol–water partition coefficient (Wildman–Crippen LogP) is 0.587. The molecule has 2 atom stereocenters. The number of ether oxygens (including phenoxy) is 1. The van der Waals surface area contributed by atoms with E-state index in [1.165, 1.54) is 0 Å². The zero-order valence-electron chi connectivity index (χ0n) is 12.5. The van der Waals surface area contributed by atoms with Gasteiger partial charge in [0, 0.05) is 32.3 Å². The first-order chi connectivity index (χ1) is 9.06. The van der Waals surface area contributed by atoms with Crippen LogP contribution in [0.15, 0.2) is 0 Å². The summed E-state index contributed by atoms with van der Waals surface area (Å²) in [7, 11) is 2.08. The van der Waals surface area contributed by atoms with Crippen molar-refractivity contribution in [2.24, 2.45) is 11.7 Å². The molecule has 1 saturated heterocycles. The number of carbonyl (C=O) groups excluding carboxylic acids is 1. The Balaban J connectivity index is 2.22. The molecule has 0 aromatic carbocycles. The van der Waals surface area contributed by atoms with Crippen molar-refractivity contribution in [2.75, 3.05) is 33.4 Å². The van der Waals surface area contributed by atoms with Gasteiger partial charge in [-0.05, 0) is 39.2 Å². The molecule has 0 aromatic heterocycles. The van der Waals surface area contributed by atoms with E-state index < -0.39 is 6.04 Å². The summed E-state index contributed by atoms with van der Waals surface area (Å²) in [6, 6.07) is 0.152. The van der Waals surface area contributed by atoms with Gasteiger partial charge in [-0.3, -0.25) is 4.79 Å². The van der Waals surface area contributed by atoms with Crippen LogP contribution in [0.3, 0.4) is 0 Å². The standard InChI is InChI=1S/C14H29N3O2/c1-4-11(2)17(3)8-7-16-14(18)13(15)12-5-9-19-10-6-12/h11-13H,4-10,15H2,1-3H3,(H,16,18). The van der Waals surface area contributed by atoms with E-state index in [9.17, 15) is 4.79 Å². The molecule has 1 aliphatic rings. The highest BCUT2D eigenvalue weighted by atomic mass is 16.5. The van der Waals surface area contributed by atoms with E-state index in [1.807, 2.05) is 0 Å². The fourth-order valence-corrected chi connectivity index (χ4v) is 2.29. The fraction of sp³-hybridized carbons (Fsp3) is 0.929. The first-order valence-electron chi connectivity index (χ1n) is 7.37. The summed E-state index contributed by atoms with van der Waals surface area (Å²) >= 11 is 0. The van der Waals surface area contributed by atoms with E-state index in [0.717, 1.165) is 39.0 Å². The van der Waals surface area contributed by atoms with E-state index in [4.69, 9.17) is 10.5 Å². The van der Waals surface area contributed by atoms with Crippen LogP contribution in [0, 0.1) is 5.92 Å². The molecule has 2 unspecified atom stereocenters. The van der Waals surface area contributed by atoms with Crippen LogP contribution in [-0.4, -0.2) is 56.2 Å². The lowest BCUT2D eigenvalue weighted by atomic mass is 9.92. The average Bonchev–Trinajstić information content (AvgIpc) is 2.46. The Hall–Kier alpha value is -0.650. The van der Waals surface area contributed by atoms with Crippen LogP contribution in [0.2, 0.25) is 0 Å². The van der Waals surface area contributed by atoms with E-state index in [0.29, 0.717) is 12.6 Å². The van der Waals surface area contributed by atoms with Gasteiger partial charge >= 0.3 is 0 Å². The Morgan fingerprint density at radius 3 is 2.68 bits per heavy atom. The van der Waals surface area contributed by atoms with Gasteiger partial charge in [-0.25, -0.2) is 0 Å². The topological polar surface area (TPSA) is 67.6 Å². The molecular weight excluding hydrogens is 242 g/mol. The lowest BCUT2D eigenvalue weighted by Gasteiger charge is -2.27. The number of nitrogens with one attached hydrogen (secondary N) is 1. The lowest BCUT2D eigenvalue weighted by molar-refractivity contribution is -0.124. The minimum absolute atomic E-state index is 0.0237. The van der Waals surface area contributed by atoms with Crippen molar-refractivity contribution in [1.82, 2.24) is 10.2 Å². The van der Waals surface area contributed by atoms with Crippen LogP contribution in [0.25, 0.3) is 0 Å². The summed E-state index contributed by atoms with van der Waals surface area (Å²) in [4.78, 5) is 14.2. The molecule has 0 aliphatic carbocycles. The van der Waals surface area contributed by atoms with Crippen molar-refractivity contribution < 1.29 is 9.53 Å². The van der Waals surface area contributed by atoms with Crippen LogP contribution in [0.1, 0.15) is 33.1 Å². The second-order valence-corrected chi connectivity index (χ2v) is 5.50. The Bertz CT molecular complexity index is 267. The van der Waals surface area contributed by atoms with Gasteiger partial charge in [0.05, 0.1) is 6.04 Å². The minimum atomic E-state index is -0.391. The van der Waals surface area contributed by atoms with Crippen molar-refractivity contribution >= 4 is 5.91 Å². The van der Waals surface area contributed by atoms with Crippen molar-refractivity contribution in [1.29, 1.82) is 0 Å². The number of hydrogen-bond acceptors (Lipinski definition) is 4. The molecule has 0 radical (unpaired) electrons. The molecule has 1 heterocycles. The van der Waals surface area contributed by atoms with E-state index in [1.54, 1.807) is 0 Å². The lowest BCUT2D eigenvalue weighted by Crippen LogP contribution is -2.48. The van der Waals surface area contributed by atoms with Gasteiger partial charge in [0.15, 0.2) is 0 Å². The van der Waals surface area contributed by atoms with Crippen LogP contribution < -0.4 is 11.1 Å². The van der Waals surface area contributed by atoms with E-state index in [-0.39, 0.29) is 11.8 Å². The van der Waals surface area contributed by atoms with Crippen molar-refractivity contribution in [3.63, 3.8) is 0 Å². The molecule has 1 amide bonds. The van der Waals surface area contributed by atoms with Gasteiger partial charge < -0.3 is 20.7 Å². The van der Waals surface area contributed by atoms with Gasteiger partial charge in [0.2, 0.25) is 5.91 Å². The highest BCUT2D eigenvalue weighted by molar-refractivity contribution is 5.81. The average molecular weight is 271 g/mol. The normalized spacial score (nSPS) is 20.3. The SMILES string of the molecule is CCC(C)N(C)CCNC(=O)C(N)C1CCOCC1. The monoisotopic (exact) mass is 271 g/mol. The Morgan fingerprint density at radius 1 is 1.47 bits per heavy atom. The number of amides is 1. The summed E-state index contributed by atoms with van der Waals surface area (Å²) in [6.45, 7) is 7.33. The molecule has 1 fully saturated rings. The van der Waals surface area contributed by atoms with Crippen LogP contribution in [0.4, 0.5) is 0 Å². The second kappa shape index (κ2) is 8.51. The van der Waals surface area contributed by atoms with Gasteiger partial charge in [-0.2, -0.15) is 0 Å². The molecule has 0 bridgehead atoms. The quantitative estimate of drug-likeness (QED) is 0.711. The van der Waals surface area contributed by atoms with Crippen molar-refractivity contribution in [2.45, 2.75) is 45.2 Å². The van der Waals surface area contributed by atoms with Gasteiger partial charge in [-0.15, -0.1) is 0 Å². The van der Waals surface area contributed by atoms with E-state index >= 15 is 0 Å². The molecule has 112 valence electrons. The molecular formula is C14H29N3O2. The summed E-state index contributed by atoms with van der Waals surface area (Å²) in [5, 5.41) is 2.94. The zero-order valence-corrected chi connectivity index (χ0v) is 12.5. The fourth-order valence-electron chi connectivity index (χ4n) is 2.29. The minimum Gasteiger partial charge on any atom is -0.381 e. The molecule has 0 aromatic rings. The molecule has 5 nitrogen and oxygen atoms in total. The Morgan fingerprint density at radius 2 is 2.11 bits per heavy atom. The van der Waals surface area contributed by atoms with Gasteiger partial charge in [-0.1, -0.05) is 6.92 Å². The maximum absolute atomic E-state index is 12.0. The van der Waals surface area contributed by atoms with E-state index in [2.05, 4.69) is 31.1 Å². The molecule has 3 N–H and O–H groups in total. The van der Waals surface area contributed by atoms with Crippen LogP contribution in [0.5, 0.6) is 0 Å². The van der Waals surface area contributed by atoms with Gasteiger partial charge in [0.1, 0.15) is 0 Å². The molecule has 1 aliphatic heterocycles.